The van der Waals surface area contributed by atoms with Crippen LogP contribution in [0, 0.1) is 0 Å². The fourth-order valence-electron chi connectivity index (χ4n) is 2.26. The molecule has 5 nitrogen and oxygen atoms in total. The second kappa shape index (κ2) is 7.14. The Kier molecular flexibility index (Phi) is 4.97. The van der Waals surface area contributed by atoms with Crippen molar-refractivity contribution in [1.29, 1.82) is 0 Å². The average Bonchev–Trinajstić information content (AvgIpc) is 3.12. The molecule has 2 aromatic heterocycles. The monoisotopic (exact) mass is 393 g/mol. The van der Waals surface area contributed by atoms with Gasteiger partial charge in [-0.3, -0.25) is 9.20 Å². The molecule has 23 heavy (non-hydrogen) atoms. The highest BCUT2D eigenvalue weighted by atomic mass is 79.9. The van der Waals surface area contributed by atoms with Gasteiger partial charge in [0, 0.05) is 24.2 Å². The van der Waals surface area contributed by atoms with Gasteiger partial charge in [0.2, 0.25) is 5.91 Å². The summed E-state index contributed by atoms with van der Waals surface area (Å²) >= 11 is 5.03. The summed E-state index contributed by atoms with van der Waals surface area (Å²) < 4.78 is 8.06. The Morgan fingerprint density at radius 1 is 1.48 bits per heavy atom. The van der Waals surface area contributed by atoms with E-state index in [2.05, 4.69) is 26.2 Å². The number of thiazole rings is 1. The fourth-order valence-corrected chi connectivity index (χ4v) is 3.57. The van der Waals surface area contributed by atoms with Crippen molar-refractivity contribution >= 4 is 38.1 Å². The molecule has 1 amide bonds. The van der Waals surface area contributed by atoms with Gasteiger partial charge in [0.1, 0.15) is 5.75 Å². The second-order valence-corrected chi connectivity index (χ2v) is 6.80. The third-order valence-electron chi connectivity index (χ3n) is 3.47. The lowest BCUT2D eigenvalue weighted by molar-refractivity contribution is -0.121. The lowest BCUT2D eigenvalue weighted by Gasteiger charge is -2.07. The third-order valence-corrected chi connectivity index (χ3v) is 4.86. The van der Waals surface area contributed by atoms with Crippen LogP contribution in [-0.2, 0) is 17.8 Å². The minimum absolute atomic E-state index is 0.0216. The summed E-state index contributed by atoms with van der Waals surface area (Å²) in [6.07, 6.45) is 5.03. The number of ether oxygens (including phenoxy) is 1. The van der Waals surface area contributed by atoms with E-state index in [-0.39, 0.29) is 5.91 Å². The van der Waals surface area contributed by atoms with Gasteiger partial charge in [-0.25, -0.2) is 4.98 Å². The van der Waals surface area contributed by atoms with Crippen LogP contribution in [0.3, 0.4) is 0 Å². The van der Waals surface area contributed by atoms with Gasteiger partial charge in [0.05, 0.1) is 23.8 Å². The summed E-state index contributed by atoms with van der Waals surface area (Å²) in [4.78, 5) is 17.4. The molecule has 0 saturated heterocycles. The highest BCUT2D eigenvalue weighted by Gasteiger charge is 2.07. The minimum atomic E-state index is 0.0216. The van der Waals surface area contributed by atoms with E-state index in [4.69, 9.17) is 4.74 Å². The molecular weight excluding hydrogens is 378 g/mol. The predicted octanol–water partition coefficient (Wildman–Crippen LogP) is 3.42. The van der Waals surface area contributed by atoms with Crippen LogP contribution in [-0.4, -0.2) is 22.4 Å². The zero-order valence-electron chi connectivity index (χ0n) is 12.6. The molecule has 120 valence electrons. The van der Waals surface area contributed by atoms with Crippen LogP contribution >= 0.6 is 27.3 Å². The van der Waals surface area contributed by atoms with E-state index in [0.29, 0.717) is 19.4 Å². The van der Waals surface area contributed by atoms with E-state index in [1.165, 1.54) is 0 Å². The maximum atomic E-state index is 12.0. The van der Waals surface area contributed by atoms with Crippen LogP contribution in [0.1, 0.15) is 17.7 Å². The number of methoxy groups -OCH3 is 1. The van der Waals surface area contributed by atoms with E-state index >= 15 is 0 Å². The first-order valence-electron chi connectivity index (χ1n) is 7.16. The van der Waals surface area contributed by atoms with Crippen molar-refractivity contribution in [2.75, 3.05) is 7.11 Å². The maximum Gasteiger partial charge on any atom is 0.220 e. The highest BCUT2D eigenvalue weighted by Crippen LogP contribution is 2.25. The van der Waals surface area contributed by atoms with Crippen LogP contribution in [0.2, 0.25) is 0 Å². The van der Waals surface area contributed by atoms with Gasteiger partial charge in [-0.1, -0.05) is 6.07 Å². The van der Waals surface area contributed by atoms with Gasteiger partial charge in [0.25, 0.3) is 0 Å². The lowest BCUT2D eigenvalue weighted by atomic mass is 10.1. The minimum Gasteiger partial charge on any atom is -0.496 e. The fraction of sp³-hybridized carbons (Fsp3) is 0.250. The number of aromatic nitrogens is 2. The molecule has 0 unspecified atom stereocenters. The zero-order valence-corrected chi connectivity index (χ0v) is 15.0. The van der Waals surface area contributed by atoms with E-state index < -0.39 is 0 Å². The Bertz CT molecular complexity index is 799. The van der Waals surface area contributed by atoms with Crippen molar-refractivity contribution in [3.8, 4) is 5.75 Å². The van der Waals surface area contributed by atoms with E-state index in [1.807, 2.05) is 40.4 Å². The summed E-state index contributed by atoms with van der Waals surface area (Å²) in [5, 5.41) is 4.89. The summed E-state index contributed by atoms with van der Waals surface area (Å²) in [6, 6.07) is 5.85. The van der Waals surface area contributed by atoms with Crippen molar-refractivity contribution in [2.45, 2.75) is 19.4 Å². The number of hydrogen-bond donors (Lipinski definition) is 1. The zero-order chi connectivity index (χ0) is 16.2. The van der Waals surface area contributed by atoms with Gasteiger partial charge >= 0.3 is 0 Å². The summed E-state index contributed by atoms with van der Waals surface area (Å²) in [7, 11) is 1.63. The molecule has 3 rings (SSSR count). The van der Waals surface area contributed by atoms with Crippen LogP contribution < -0.4 is 10.1 Å². The number of fused-ring (bicyclic) bond motifs is 1. The third kappa shape index (κ3) is 3.92. The van der Waals surface area contributed by atoms with Crippen LogP contribution in [0.15, 0.2) is 40.4 Å². The standard InChI is InChI=1S/C16H16BrN3O2S/c1-22-14-4-2-11(8-13(14)17)3-5-15(21)18-9-12-10-20-6-7-23-16(20)19-12/h2,4,6-8,10H,3,5,9H2,1H3,(H,18,21). The number of nitrogens with one attached hydrogen (secondary N) is 1. The summed E-state index contributed by atoms with van der Waals surface area (Å²) in [6.45, 7) is 0.458. The molecule has 0 saturated carbocycles. The number of rotatable bonds is 6. The van der Waals surface area contributed by atoms with Gasteiger partial charge in [-0.05, 0) is 40.0 Å². The van der Waals surface area contributed by atoms with Crippen molar-refractivity contribution in [3.63, 3.8) is 0 Å². The van der Waals surface area contributed by atoms with Crippen LogP contribution in [0.25, 0.3) is 4.96 Å². The topological polar surface area (TPSA) is 55.6 Å². The molecular formula is C16H16BrN3O2S. The number of amides is 1. The number of halogens is 1. The first kappa shape index (κ1) is 16.0. The maximum absolute atomic E-state index is 12.0. The highest BCUT2D eigenvalue weighted by molar-refractivity contribution is 9.10. The van der Waals surface area contributed by atoms with Crippen molar-refractivity contribution in [2.24, 2.45) is 0 Å². The van der Waals surface area contributed by atoms with Crippen LogP contribution in [0.5, 0.6) is 5.75 Å². The molecule has 0 aliphatic carbocycles. The molecule has 0 radical (unpaired) electrons. The van der Waals surface area contributed by atoms with Gasteiger partial charge in [-0.2, -0.15) is 0 Å². The number of imidazole rings is 1. The number of hydrogen-bond acceptors (Lipinski definition) is 4. The molecule has 0 fully saturated rings. The SMILES string of the molecule is COc1ccc(CCC(=O)NCc2cn3ccsc3n2)cc1Br. The Balaban J connectivity index is 1.49. The molecule has 0 atom stereocenters. The van der Waals surface area contributed by atoms with E-state index in [1.54, 1.807) is 18.4 Å². The Morgan fingerprint density at radius 3 is 3.09 bits per heavy atom. The number of benzene rings is 1. The Hall–Kier alpha value is -1.86. The van der Waals surface area contributed by atoms with Gasteiger partial charge in [-0.15, -0.1) is 11.3 Å². The number of carbonyl (C=O) groups is 1. The molecule has 1 N–H and O–H groups in total. The summed E-state index contributed by atoms with van der Waals surface area (Å²) in [5.41, 5.74) is 1.97. The van der Waals surface area contributed by atoms with Crippen molar-refractivity contribution in [3.05, 3.63) is 51.7 Å². The Morgan fingerprint density at radius 2 is 2.35 bits per heavy atom. The molecule has 3 aromatic rings. The largest absolute Gasteiger partial charge is 0.496 e. The number of carbonyl (C=O) groups excluding carboxylic acids is 1. The van der Waals surface area contributed by atoms with E-state index in [0.717, 1.165) is 26.4 Å². The Labute approximate surface area is 146 Å². The average molecular weight is 394 g/mol. The van der Waals surface area contributed by atoms with Gasteiger partial charge < -0.3 is 10.1 Å². The smallest absolute Gasteiger partial charge is 0.220 e. The molecule has 0 aliphatic rings. The normalized spacial score (nSPS) is 10.9. The first-order chi connectivity index (χ1) is 11.2. The number of aryl methyl sites for hydroxylation is 1. The molecule has 0 bridgehead atoms. The molecule has 2 heterocycles. The van der Waals surface area contributed by atoms with Crippen molar-refractivity contribution < 1.29 is 9.53 Å². The molecule has 1 aromatic carbocycles. The molecule has 0 aliphatic heterocycles. The molecule has 0 spiro atoms. The van der Waals surface area contributed by atoms with Crippen LogP contribution in [0.4, 0.5) is 0 Å². The van der Waals surface area contributed by atoms with Gasteiger partial charge in [0.15, 0.2) is 4.96 Å². The number of nitrogens with zero attached hydrogens (tertiary/aromatic N) is 2. The second-order valence-electron chi connectivity index (χ2n) is 5.07. The summed E-state index contributed by atoms with van der Waals surface area (Å²) in [5.74, 6) is 0.811. The van der Waals surface area contributed by atoms with E-state index in [9.17, 15) is 4.79 Å². The van der Waals surface area contributed by atoms with Crippen molar-refractivity contribution in [1.82, 2.24) is 14.7 Å². The first-order valence-corrected chi connectivity index (χ1v) is 8.83. The predicted molar refractivity (Wildman–Crippen MR) is 93.9 cm³/mol. The molecule has 7 heteroatoms. The lowest BCUT2D eigenvalue weighted by Crippen LogP contribution is -2.23. The quantitative estimate of drug-likeness (QED) is 0.697.